The third-order valence-corrected chi connectivity index (χ3v) is 8.89. The van der Waals surface area contributed by atoms with Crippen molar-refractivity contribution in [2.75, 3.05) is 0 Å². The summed E-state index contributed by atoms with van der Waals surface area (Å²) in [5, 5.41) is 2.38. The van der Waals surface area contributed by atoms with Crippen LogP contribution in [-0.4, -0.2) is 8.39 Å². The highest BCUT2D eigenvalue weighted by atomic mass is 32.2. The molecule has 2 nitrogen and oxygen atoms in total. The lowest BCUT2D eigenvalue weighted by Crippen LogP contribution is -1.95. The maximum Gasteiger partial charge on any atom is 0.116 e. The van der Waals surface area contributed by atoms with Crippen molar-refractivity contribution in [1.82, 2.24) is 9.44 Å². The van der Waals surface area contributed by atoms with Crippen LogP contribution in [0.5, 0.6) is 0 Å². The Balaban J connectivity index is 1.84. The summed E-state index contributed by atoms with van der Waals surface area (Å²) in [6.45, 7) is 0. The van der Waals surface area contributed by atoms with E-state index in [1.54, 1.807) is 47.0 Å². The molecule has 1 fully saturated rings. The van der Waals surface area contributed by atoms with E-state index in [0.29, 0.717) is 0 Å². The Morgan fingerprint density at radius 2 is 1.20 bits per heavy atom. The van der Waals surface area contributed by atoms with E-state index >= 15 is 0 Å². The topological polar surface area (TPSA) is 24.1 Å². The van der Waals surface area contributed by atoms with Crippen LogP contribution in [0.3, 0.4) is 0 Å². The van der Waals surface area contributed by atoms with Gasteiger partial charge in [0, 0.05) is 0 Å². The minimum atomic E-state index is 0.834. The van der Waals surface area contributed by atoms with E-state index in [2.05, 4.69) is 9.44 Å². The van der Waals surface area contributed by atoms with Crippen LogP contribution in [0, 0.1) is 0 Å². The average Bonchev–Trinajstić information content (AvgIpc) is 2.80. The van der Waals surface area contributed by atoms with Crippen LogP contribution in [0.25, 0.3) is 0 Å². The van der Waals surface area contributed by atoms with Crippen molar-refractivity contribution in [1.29, 1.82) is 0 Å². The van der Waals surface area contributed by atoms with E-state index in [4.69, 9.17) is 24.4 Å². The summed E-state index contributed by atoms with van der Waals surface area (Å²) in [6, 6.07) is 0. The van der Waals surface area contributed by atoms with Gasteiger partial charge in [0.25, 0.3) is 0 Å². The fourth-order valence-electron chi connectivity index (χ4n) is 0.991. The van der Waals surface area contributed by atoms with Crippen LogP contribution < -0.4 is 9.44 Å². The van der Waals surface area contributed by atoms with Crippen LogP contribution in [0.4, 0.5) is 0 Å². The zero-order valence-electron chi connectivity index (χ0n) is 6.86. The number of hydrogen-bond donors (Lipinski definition) is 2. The Kier molecular flexibility index (Phi) is 3.23. The van der Waals surface area contributed by atoms with Crippen LogP contribution in [0.15, 0.2) is 18.5 Å². The Morgan fingerprint density at radius 3 is 1.73 bits per heavy atom. The zero-order valence-corrected chi connectivity index (χ0v) is 12.6. The molecule has 3 heterocycles. The SMILES string of the molecule is S=C1SC(=C2SC3=C(NSN3)S2)SC1=S. The van der Waals surface area contributed by atoms with Crippen LogP contribution in [0.2, 0.25) is 0 Å². The summed E-state index contributed by atoms with van der Waals surface area (Å²) in [5.74, 6) is 0. The van der Waals surface area contributed by atoms with Crippen molar-refractivity contribution in [3.63, 3.8) is 0 Å². The molecule has 0 atom stereocenters. The van der Waals surface area contributed by atoms with Crippen LogP contribution in [0.1, 0.15) is 0 Å². The van der Waals surface area contributed by atoms with Gasteiger partial charge in [-0.15, -0.1) is 0 Å². The van der Waals surface area contributed by atoms with E-state index in [0.717, 1.165) is 8.39 Å². The first-order valence-corrected chi connectivity index (χ1v) is 8.60. The van der Waals surface area contributed by atoms with E-state index < -0.39 is 0 Å². The molecule has 15 heavy (non-hydrogen) atoms. The lowest BCUT2D eigenvalue weighted by atomic mass is 10.9. The summed E-state index contributed by atoms with van der Waals surface area (Å²) in [7, 11) is 0. The standard InChI is InChI=1S/C6H2N2S7/c9-3-4(10)14-6(13-3)5-11-1-2(12-5)8-15-7-1/h7-8H. The van der Waals surface area contributed by atoms with Crippen molar-refractivity contribution in [2.24, 2.45) is 0 Å². The third-order valence-electron chi connectivity index (χ3n) is 1.59. The fraction of sp³-hybridized carbons (Fsp3) is 0. The molecule has 0 unspecified atom stereocenters. The van der Waals surface area contributed by atoms with Gasteiger partial charge in [-0.1, -0.05) is 71.5 Å². The Labute approximate surface area is 119 Å². The second-order valence-corrected chi connectivity index (χ2v) is 9.07. The fourth-order valence-corrected chi connectivity index (χ4v) is 7.54. The maximum absolute atomic E-state index is 5.15. The van der Waals surface area contributed by atoms with Crippen molar-refractivity contribution < 1.29 is 0 Å². The van der Waals surface area contributed by atoms with Crippen LogP contribution >= 0.6 is 83.6 Å². The zero-order chi connectivity index (χ0) is 10.4. The average molecular weight is 327 g/mol. The smallest absolute Gasteiger partial charge is 0.116 e. The molecule has 0 aromatic carbocycles. The molecule has 2 N–H and O–H groups in total. The Hall–Kier alpha value is 1.01. The van der Waals surface area contributed by atoms with E-state index in [1.165, 1.54) is 30.7 Å². The predicted molar refractivity (Wildman–Crippen MR) is 83.5 cm³/mol. The molecule has 0 aromatic heterocycles. The quantitative estimate of drug-likeness (QED) is 0.510. The Morgan fingerprint density at radius 1 is 0.733 bits per heavy atom. The van der Waals surface area contributed by atoms with Crippen LogP contribution in [-0.2, 0) is 0 Å². The number of thioether (sulfide) groups is 4. The van der Waals surface area contributed by atoms with Gasteiger partial charge in [-0.25, -0.2) is 0 Å². The molecule has 0 aliphatic carbocycles. The first-order chi connectivity index (χ1) is 7.24. The minimum Gasteiger partial charge on any atom is -0.304 e. The van der Waals surface area contributed by atoms with E-state index in [-0.39, 0.29) is 0 Å². The van der Waals surface area contributed by atoms with Gasteiger partial charge in [0.15, 0.2) is 0 Å². The molecule has 0 aromatic rings. The number of hydrogen-bond acceptors (Lipinski definition) is 9. The van der Waals surface area contributed by atoms with Crippen molar-refractivity contribution in [2.45, 2.75) is 0 Å². The summed E-state index contributed by atoms with van der Waals surface area (Å²) >= 11 is 18.5. The lowest BCUT2D eigenvalue weighted by Gasteiger charge is -2.03. The second kappa shape index (κ2) is 4.35. The highest BCUT2D eigenvalue weighted by molar-refractivity contribution is 8.52. The normalized spacial score (nSPS) is 24.8. The number of rotatable bonds is 0. The highest BCUT2D eigenvalue weighted by Crippen LogP contribution is 2.57. The number of thiocarbonyl (C=S) groups is 2. The van der Waals surface area contributed by atoms with Gasteiger partial charge in [-0.3, -0.25) is 0 Å². The van der Waals surface area contributed by atoms with Gasteiger partial charge in [0.05, 0.1) is 20.6 Å². The predicted octanol–water partition coefficient (Wildman–Crippen LogP) is 3.61. The molecule has 0 saturated carbocycles. The minimum absolute atomic E-state index is 0.834. The molecule has 3 aliphatic rings. The molecule has 78 valence electrons. The third kappa shape index (κ3) is 2.07. The molecule has 1 saturated heterocycles. The Bertz CT molecular complexity index is 401. The lowest BCUT2D eigenvalue weighted by molar-refractivity contribution is 1.38. The van der Waals surface area contributed by atoms with Crippen molar-refractivity contribution in [3.05, 3.63) is 18.5 Å². The summed E-state index contributed by atoms with van der Waals surface area (Å²) in [5.41, 5.74) is 0. The maximum atomic E-state index is 5.15. The van der Waals surface area contributed by atoms with Gasteiger partial charge in [-0.2, -0.15) is 0 Å². The van der Waals surface area contributed by atoms with E-state index in [9.17, 15) is 0 Å². The molecular weight excluding hydrogens is 325 g/mol. The molecule has 0 bridgehead atoms. The second-order valence-electron chi connectivity index (χ2n) is 2.52. The van der Waals surface area contributed by atoms with Gasteiger partial charge < -0.3 is 9.44 Å². The van der Waals surface area contributed by atoms with Gasteiger partial charge in [0.2, 0.25) is 0 Å². The molecule has 9 heteroatoms. The number of nitrogens with one attached hydrogen (secondary N) is 2. The van der Waals surface area contributed by atoms with Crippen molar-refractivity contribution >= 4 is 92.0 Å². The molecule has 0 amide bonds. The first kappa shape index (κ1) is 11.1. The molecule has 0 spiro atoms. The molecular formula is C6H2N2S7. The van der Waals surface area contributed by atoms with Crippen molar-refractivity contribution in [3.8, 4) is 0 Å². The summed E-state index contributed by atoms with van der Waals surface area (Å²) in [6.07, 6.45) is 0. The molecule has 0 radical (unpaired) electrons. The summed E-state index contributed by atoms with van der Waals surface area (Å²) < 4.78 is 10.6. The highest BCUT2D eigenvalue weighted by Gasteiger charge is 2.32. The molecule has 3 aliphatic heterocycles. The largest absolute Gasteiger partial charge is 0.304 e. The first-order valence-electron chi connectivity index (χ1n) is 3.70. The molecule has 3 rings (SSSR count). The van der Waals surface area contributed by atoms with Gasteiger partial charge in [0.1, 0.15) is 18.5 Å². The van der Waals surface area contributed by atoms with Gasteiger partial charge >= 0.3 is 0 Å². The van der Waals surface area contributed by atoms with E-state index in [1.807, 2.05) is 0 Å². The monoisotopic (exact) mass is 326 g/mol. The van der Waals surface area contributed by atoms with Gasteiger partial charge in [-0.05, 0) is 0 Å². The summed E-state index contributed by atoms with van der Waals surface area (Å²) in [4.78, 5) is 0.